The first-order chi connectivity index (χ1) is 13.5. The van der Waals surface area contributed by atoms with E-state index in [2.05, 4.69) is 35.4 Å². The third-order valence-electron chi connectivity index (χ3n) is 4.65. The highest BCUT2D eigenvalue weighted by Crippen LogP contribution is 2.29. The molecule has 0 spiro atoms. The Hall–Kier alpha value is -2.54. The van der Waals surface area contributed by atoms with Gasteiger partial charge in [0.1, 0.15) is 5.76 Å². The topological polar surface area (TPSA) is 73.0 Å². The SMILES string of the molecule is CCC(C)NC(=O)C(C)Sc1nnc(-c2ccccc2C)n1Cc1ccco1. The van der Waals surface area contributed by atoms with Crippen LogP contribution in [0.15, 0.2) is 52.2 Å². The van der Waals surface area contributed by atoms with Gasteiger partial charge in [0.05, 0.1) is 18.1 Å². The predicted molar refractivity (Wildman–Crippen MR) is 111 cm³/mol. The number of aromatic nitrogens is 3. The first-order valence-corrected chi connectivity index (χ1v) is 10.4. The zero-order valence-electron chi connectivity index (χ0n) is 16.7. The summed E-state index contributed by atoms with van der Waals surface area (Å²) in [6.45, 7) is 8.51. The first-order valence-electron chi connectivity index (χ1n) is 9.48. The number of furan rings is 1. The average molecular weight is 399 g/mol. The summed E-state index contributed by atoms with van der Waals surface area (Å²) in [5.41, 5.74) is 2.14. The molecule has 2 unspecified atom stereocenters. The maximum absolute atomic E-state index is 12.5. The quantitative estimate of drug-likeness (QED) is 0.573. The van der Waals surface area contributed by atoms with Crippen LogP contribution in [-0.4, -0.2) is 32.0 Å². The number of benzene rings is 1. The van der Waals surface area contributed by atoms with E-state index >= 15 is 0 Å². The molecular weight excluding hydrogens is 372 g/mol. The largest absolute Gasteiger partial charge is 0.467 e. The van der Waals surface area contributed by atoms with Gasteiger partial charge in [-0.1, -0.05) is 43.0 Å². The number of carbonyl (C=O) groups is 1. The zero-order valence-corrected chi connectivity index (χ0v) is 17.5. The van der Waals surface area contributed by atoms with Gasteiger partial charge < -0.3 is 9.73 Å². The number of amides is 1. The molecule has 6 nitrogen and oxygen atoms in total. The Kier molecular flexibility index (Phi) is 6.57. The van der Waals surface area contributed by atoms with Gasteiger partial charge >= 0.3 is 0 Å². The van der Waals surface area contributed by atoms with Crippen LogP contribution in [0.5, 0.6) is 0 Å². The van der Waals surface area contributed by atoms with Crippen molar-refractivity contribution in [2.75, 3.05) is 0 Å². The Morgan fingerprint density at radius 2 is 2.00 bits per heavy atom. The van der Waals surface area contributed by atoms with E-state index in [-0.39, 0.29) is 17.2 Å². The molecule has 2 heterocycles. The number of nitrogens with one attached hydrogen (secondary N) is 1. The summed E-state index contributed by atoms with van der Waals surface area (Å²) < 4.78 is 7.55. The van der Waals surface area contributed by atoms with E-state index in [1.807, 2.05) is 48.7 Å². The van der Waals surface area contributed by atoms with Crippen LogP contribution >= 0.6 is 11.8 Å². The summed E-state index contributed by atoms with van der Waals surface area (Å²) in [5, 5.41) is 12.3. The third-order valence-corrected chi connectivity index (χ3v) is 5.73. The van der Waals surface area contributed by atoms with Gasteiger partial charge in [0, 0.05) is 11.6 Å². The van der Waals surface area contributed by atoms with Gasteiger partial charge in [0.2, 0.25) is 5.91 Å². The van der Waals surface area contributed by atoms with Gasteiger partial charge in [0.25, 0.3) is 0 Å². The second kappa shape index (κ2) is 9.10. The van der Waals surface area contributed by atoms with E-state index in [1.54, 1.807) is 6.26 Å². The van der Waals surface area contributed by atoms with Gasteiger partial charge in [0.15, 0.2) is 11.0 Å². The summed E-state index contributed by atoms with van der Waals surface area (Å²) >= 11 is 1.41. The van der Waals surface area contributed by atoms with Gasteiger partial charge in [-0.15, -0.1) is 10.2 Å². The molecule has 7 heteroatoms. The molecule has 0 aliphatic heterocycles. The first kappa shape index (κ1) is 20.2. The maximum Gasteiger partial charge on any atom is 0.233 e. The van der Waals surface area contributed by atoms with E-state index in [0.717, 1.165) is 29.1 Å². The molecule has 3 rings (SSSR count). The Labute approximate surface area is 169 Å². The molecule has 1 amide bonds. The van der Waals surface area contributed by atoms with Crippen molar-refractivity contribution in [2.45, 2.75) is 57.1 Å². The molecule has 2 atom stereocenters. The van der Waals surface area contributed by atoms with Crippen LogP contribution in [0.2, 0.25) is 0 Å². The fourth-order valence-corrected chi connectivity index (χ4v) is 3.63. The van der Waals surface area contributed by atoms with E-state index < -0.39 is 0 Å². The van der Waals surface area contributed by atoms with Gasteiger partial charge in [-0.05, 0) is 44.9 Å². The Morgan fingerprint density at radius 1 is 1.21 bits per heavy atom. The smallest absolute Gasteiger partial charge is 0.233 e. The van der Waals surface area contributed by atoms with E-state index in [9.17, 15) is 4.79 Å². The summed E-state index contributed by atoms with van der Waals surface area (Å²) in [6, 6.07) is 12.0. The van der Waals surface area contributed by atoms with Crippen LogP contribution in [-0.2, 0) is 11.3 Å². The Balaban J connectivity index is 1.90. The highest BCUT2D eigenvalue weighted by molar-refractivity contribution is 8.00. The highest BCUT2D eigenvalue weighted by atomic mass is 32.2. The van der Waals surface area contributed by atoms with E-state index in [4.69, 9.17) is 4.42 Å². The molecule has 0 saturated carbocycles. The van der Waals surface area contributed by atoms with Gasteiger partial charge in [-0.2, -0.15) is 0 Å². The maximum atomic E-state index is 12.5. The number of hydrogen-bond acceptors (Lipinski definition) is 5. The molecule has 1 N–H and O–H groups in total. The van der Waals surface area contributed by atoms with E-state index in [1.165, 1.54) is 11.8 Å². The molecular formula is C21H26N4O2S. The minimum absolute atomic E-state index is 0.00402. The van der Waals surface area contributed by atoms with Crippen molar-refractivity contribution in [2.24, 2.45) is 0 Å². The number of nitrogens with zero attached hydrogens (tertiary/aromatic N) is 3. The van der Waals surface area contributed by atoms with Crippen LogP contribution in [0.4, 0.5) is 0 Å². The van der Waals surface area contributed by atoms with Crippen molar-refractivity contribution in [1.29, 1.82) is 0 Å². The third kappa shape index (κ3) is 4.65. The molecule has 0 fully saturated rings. The fourth-order valence-electron chi connectivity index (χ4n) is 2.77. The minimum atomic E-state index is -0.279. The summed E-state index contributed by atoms with van der Waals surface area (Å²) in [7, 11) is 0. The molecule has 0 saturated heterocycles. The molecule has 0 radical (unpaired) electrons. The van der Waals surface area contributed by atoms with Crippen LogP contribution in [0.3, 0.4) is 0 Å². The number of rotatable bonds is 8. The number of thioether (sulfide) groups is 1. The van der Waals surface area contributed by atoms with Crippen LogP contribution in [0.25, 0.3) is 11.4 Å². The normalized spacial score (nSPS) is 13.3. The Morgan fingerprint density at radius 3 is 2.68 bits per heavy atom. The second-order valence-electron chi connectivity index (χ2n) is 6.86. The lowest BCUT2D eigenvalue weighted by Gasteiger charge is -2.16. The van der Waals surface area contributed by atoms with Crippen molar-refractivity contribution in [3.8, 4) is 11.4 Å². The average Bonchev–Trinajstić information content (AvgIpc) is 3.33. The van der Waals surface area contributed by atoms with E-state index in [0.29, 0.717) is 11.7 Å². The predicted octanol–water partition coefficient (Wildman–Crippen LogP) is 4.29. The number of hydrogen-bond donors (Lipinski definition) is 1. The van der Waals surface area contributed by atoms with Crippen molar-refractivity contribution < 1.29 is 9.21 Å². The lowest BCUT2D eigenvalue weighted by atomic mass is 10.1. The summed E-state index contributed by atoms with van der Waals surface area (Å²) in [4.78, 5) is 12.5. The van der Waals surface area contributed by atoms with Crippen molar-refractivity contribution in [1.82, 2.24) is 20.1 Å². The molecule has 28 heavy (non-hydrogen) atoms. The van der Waals surface area contributed by atoms with Crippen LogP contribution in [0.1, 0.15) is 38.5 Å². The molecule has 0 aliphatic rings. The molecule has 1 aromatic carbocycles. The Bertz CT molecular complexity index is 920. The van der Waals surface area contributed by atoms with Crippen molar-refractivity contribution in [3.63, 3.8) is 0 Å². The van der Waals surface area contributed by atoms with Gasteiger partial charge in [-0.25, -0.2) is 0 Å². The lowest BCUT2D eigenvalue weighted by molar-refractivity contribution is -0.120. The molecule has 3 aromatic rings. The second-order valence-corrected chi connectivity index (χ2v) is 8.17. The van der Waals surface area contributed by atoms with Crippen molar-refractivity contribution >= 4 is 17.7 Å². The molecule has 0 bridgehead atoms. The molecule has 0 aliphatic carbocycles. The van der Waals surface area contributed by atoms with Crippen LogP contribution < -0.4 is 5.32 Å². The van der Waals surface area contributed by atoms with Crippen LogP contribution in [0, 0.1) is 6.92 Å². The standard InChI is InChI=1S/C21H26N4O2S/c1-5-15(3)22-20(26)16(4)28-21-24-23-19(18-11-7-6-9-14(18)2)25(21)13-17-10-8-12-27-17/h6-12,15-16H,5,13H2,1-4H3,(H,22,26). The summed E-state index contributed by atoms with van der Waals surface area (Å²) in [5.74, 6) is 1.59. The minimum Gasteiger partial charge on any atom is -0.467 e. The van der Waals surface area contributed by atoms with Gasteiger partial charge in [-0.3, -0.25) is 9.36 Å². The summed E-state index contributed by atoms with van der Waals surface area (Å²) in [6.07, 6.45) is 2.55. The molecule has 2 aromatic heterocycles. The molecule has 148 valence electrons. The fraction of sp³-hybridized carbons (Fsp3) is 0.381. The number of carbonyl (C=O) groups excluding carboxylic acids is 1. The monoisotopic (exact) mass is 398 g/mol. The number of aryl methyl sites for hydroxylation is 1. The lowest BCUT2D eigenvalue weighted by Crippen LogP contribution is -2.37. The zero-order chi connectivity index (χ0) is 20.1. The van der Waals surface area contributed by atoms with Crippen molar-refractivity contribution in [3.05, 3.63) is 54.0 Å². The highest BCUT2D eigenvalue weighted by Gasteiger charge is 2.22.